The van der Waals surface area contributed by atoms with Crippen molar-refractivity contribution in [1.29, 1.82) is 5.26 Å². The molecule has 1 nitrogen and oxygen atoms in total. The molecule has 0 aromatic heterocycles. The third kappa shape index (κ3) is 4.08. The summed E-state index contributed by atoms with van der Waals surface area (Å²) in [7, 11) is 0. The fourth-order valence-corrected chi connectivity index (χ4v) is 1.76. The molecule has 2 heteroatoms. The number of unbranched alkanes of at least 4 members (excludes halogenated alkanes) is 2. The molecule has 0 heterocycles. The summed E-state index contributed by atoms with van der Waals surface area (Å²) in [6.07, 6.45) is 6.02. The minimum absolute atomic E-state index is 0.0120. The highest BCUT2D eigenvalue weighted by atomic mass is 35.5. The van der Waals surface area contributed by atoms with Crippen molar-refractivity contribution in [3.8, 4) is 6.07 Å². The number of halogens is 1. The van der Waals surface area contributed by atoms with Gasteiger partial charge in [-0.1, -0.05) is 36.2 Å². The largest absolute Gasteiger partial charge is 0.198 e. The van der Waals surface area contributed by atoms with Crippen LogP contribution in [0.15, 0.2) is 36.9 Å². The lowest BCUT2D eigenvalue weighted by Crippen LogP contribution is -1.95. The van der Waals surface area contributed by atoms with E-state index < -0.39 is 0 Å². The van der Waals surface area contributed by atoms with E-state index >= 15 is 0 Å². The van der Waals surface area contributed by atoms with Gasteiger partial charge in [0.15, 0.2) is 0 Å². The Bertz CT molecular complexity index is 361. The maximum absolute atomic E-state index is 9.10. The SMILES string of the molecule is C=CCCCCC(C#N)c1ccc(Cl)cc1. The number of hydrogen-bond acceptors (Lipinski definition) is 1. The normalized spacial score (nSPS) is 11.8. The van der Waals surface area contributed by atoms with E-state index in [1.54, 1.807) is 0 Å². The van der Waals surface area contributed by atoms with Crippen LogP contribution >= 0.6 is 11.6 Å². The molecule has 1 aromatic carbocycles. The molecular formula is C14H16ClN. The molecule has 0 N–H and O–H groups in total. The van der Waals surface area contributed by atoms with Gasteiger partial charge in [0.25, 0.3) is 0 Å². The summed E-state index contributed by atoms with van der Waals surface area (Å²) < 4.78 is 0. The van der Waals surface area contributed by atoms with Gasteiger partial charge in [-0.05, 0) is 37.0 Å². The van der Waals surface area contributed by atoms with Crippen molar-refractivity contribution in [3.05, 3.63) is 47.5 Å². The summed E-state index contributed by atoms with van der Waals surface area (Å²) in [5.41, 5.74) is 1.06. The average Bonchev–Trinajstić information content (AvgIpc) is 2.31. The molecule has 1 aromatic rings. The maximum Gasteiger partial charge on any atom is 0.0712 e. The molecule has 1 rings (SSSR count). The third-order valence-electron chi connectivity index (χ3n) is 2.58. The van der Waals surface area contributed by atoms with Crippen LogP contribution in [-0.4, -0.2) is 0 Å². The lowest BCUT2D eigenvalue weighted by atomic mass is 9.94. The quantitative estimate of drug-likeness (QED) is 0.516. The van der Waals surface area contributed by atoms with Gasteiger partial charge < -0.3 is 0 Å². The van der Waals surface area contributed by atoms with Gasteiger partial charge in [-0.25, -0.2) is 0 Å². The Labute approximate surface area is 102 Å². The van der Waals surface area contributed by atoms with Crippen molar-refractivity contribution in [1.82, 2.24) is 0 Å². The van der Waals surface area contributed by atoms with Crippen LogP contribution in [0.2, 0.25) is 5.02 Å². The van der Waals surface area contributed by atoms with Gasteiger partial charge in [0.1, 0.15) is 0 Å². The van der Waals surface area contributed by atoms with Gasteiger partial charge in [0.05, 0.1) is 12.0 Å². The van der Waals surface area contributed by atoms with E-state index in [-0.39, 0.29) is 5.92 Å². The first-order chi connectivity index (χ1) is 7.77. The molecule has 0 bridgehead atoms. The Morgan fingerprint density at radius 2 is 2.00 bits per heavy atom. The number of nitrogens with zero attached hydrogens (tertiary/aromatic N) is 1. The molecule has 1 atom stereocenters. The van der Waals surface area contributed by atoms with Crippen molar-refractivity contribution in [2.24, 2.45) is 0 Å². The molecule has 0 amide bonds. The van der Waals surface area contributed by atoms with E-state index in [9.17, 15) is 0 Å². The van der Waals surface area contributed by atoms with Crippen molar-refractivity contribution < 1.29 is 0 Å². The van der Waals surface area contributed by atoms with Crippen LogP contribution in [0.4, 0.5) is 0 Å². The molecule has 84 valence electrons. The van der Waals surface area contributed by atoms with Crippen LogP contribution in [0.3, 0.4) is 0 Å². The van der Waals surface area contributed by atoms with Crippen molar-refractivity contribution in [2.45, 2.75) is 31.6 Å². The monoisotopic (exact) mass is 233 g/mol. The molecule has 0 aliphatic heterocycles. The van der Waals surface area contributed by atoms with E-state index in [2.05, 4.69) is 12.6 Å². The Hall–Kier alpha value is -1.26. The second-order valence-corrected chi connectivity index (χ2v) is 4.24. The summed E-state index contributed by atoms with van der Waals surface area (Å²) in [6.45, 7) is 3.69. The predicted octanol–water partition coefficient (Wildman–Crippen LogP) is 4.69. The predicted molar refractivity (Wildman–Crippen MR) is 68.5 cm³/mol. The molecule has 0 spiro atoms. The van der Waals surface area contributed by atoms with Gasteiger partial charge in [0, 0.05) is 5.02 Å². The van der Waals surface area contributed by atoms with Gasteiger partial charge >= 0.3 is 0 Å². The summed E-state index contributed by atoms with van der Waals surface area (Å²) in [6, 6.07) is 9.89. The summed E-state index contributed by atoms with van der Waals surface area (Å²) >= 11 is 5.81. The van der Waals surface area contributed by atoms with E-state index in [0.29, 0.717) is 5.02 Å². The number of benzene rings is 1. The molecule has 0 aliphatic carbocycles. The number of allylic oxidation sites excluding steroid dienone is 1. The number of nitriles is 1. The third-order valence-corrected chi connectivity index (χ3v) is 2.83. The molecular weight excluding hydrogens is 218 g/mol. The van der Waals surface area contributed by atoms with Crippen LogP contribution in [0.5, 0.6) is 0 Å². The molecule has 0 fully saturated rings. The molecule has 0 radical (unpaired) electrons. The van der Waals surface area contributed by atoms with Crippen LogP contribution < -0.4 is 0 Å². The number of hydrogen-bond donors (Lipinski definition) is 0. The van der Waals surface area contributed by atoms with Crippen LogP contribution in [0.1, 0.15) is 37.2 Å². The Morgan fingerprint density at radius 1 is 1.31 bits per heavy atom. The van der Waals surface area contributed by atoms with E-state index in [0.717, 1.165) is 31.2 Å². The first-order valence-electron chi connectivity index (χ1n) is 5.54. The zero-order chi connectivity index (χ0) is 11.8. The molecule has 1 unspecified atom stereocenters. The lowest BCUT2D eigenvalue weighted by molar-refractivity contribution is 0.649. The van der Waals surface area contributed by atoms with Gasteiger partial charge in [-0.2, -0.15) is 5.26 Å². The highest BCUT2D eigenvalue weighted by Crippen LogP contribution is 2.23. The Balaban J connectivity index is 2.51. The lowest BCUT2D eigenvalue weighted by Gasteiger charge is -2.08. The molecule has 0 aliphatic rings. The zero-order valence-corrected chi connectivity index (χ0v) is 10.1. The summed E-state index contributed by atoms with van der Waals surface area (Å²) in [4.78, 5) is 0. The van der Waals surface area contributed by atoms with Crippen LogP contribution in [-0.2, 0) is 0 Å². The average molecular weight is 234 g/mol. The first kappa shape index (κ1) is 12.8. The summed E-state index contributed by atoms with van der Waals surface area (Å²) in [5.74, 6) is -0.0120. The van der Waals surface area contributed by atoms with Gasteiger partial charge in [-0.15, -0.1) is 6.58 Å². The van der Waals surface area contributed by atoms with E-state index in [4.69, 9.17) is 16.9 Å². The van der Waals surface area contributed by atoms with Crippen molar-refractivity contribution in [3.63, 3.8) is 0 Å². The fraction of sp³-hybridized carbons (Fsp3) is 0.357. The molecule has 0 saturated heterocycles. The smallest absolute Gasteiger partial charge is 0.0712 e. The number of rotatable bonds is 6. The van der Waals surface area contributed by atoms with E-state index in [1.807, 2.05) is 30.3 Å². The summed E-state index contributed by atoms with van der Waals surface area (Å²) in [5, 5.41) is 9.82. The minimum atomic E-state index is -0.0120. The first-order valence-corrected chi connectivity index (χ1v) is 5.91. The highest BCUT2D eigenvalue weighted by molar-refractivity contribution is 6.30. The Morgan fingerprint density at radius 3 is 2.56 bits per heavy atom. The fourth-order valence-electron chi connectivity index (χ4n) is 1.64. The van der Waals surface area contributed by atoms with Crippen molar-refractivity contribution in [2.75, 3.05) is 0 Å². The maximum atomic E-state index is 9.10. The van der Waals surface area contributed by atoms with Crippen LogP contribution in [0, 0.1) is 11.3 Å². The minimum Gasteiger partial charge on any atom is -0.198 e. The Kier molecular flexibility index (Phi) is 5.67. The van der Waals surface area contributed by atoms with Crippen LogP contribution in [0.25, 0.3) is 0 Å². The van der Waals surface area contributed by atoms with E-state index in [1.165, 1.54) is 0 Å². The van der Waals surface area contributed by atoms with Gasteiger partial charge in [0.2, 0.25) is 0 Å². The standard InChI is InChI=1S/C14H16ClN/c1-2-3-4-5-6-13(11-16)12-7-9-14(15)10-8-12/h2,7-10,13H,1,3-6H2. The second kappa shape index (κ2) is 7.09. The molecule has 16 heavy (non-hydrogen) atoms. The highest BCUT2D eigenvalue weighted by Gasteiger charge is 2.09. The zero-order valence-electron chi connectivity index (χ0n) is 9.32. The molecule has 0 saturated carbocycles. The topological polar surface area (TPSA) is 23.8 Å². The van der Waals surface area contributed by atoms with Crippen molar-refractivity contribution >= 4 is 11.6 Å². The second-order valence-electron chi connectivity index (χ2n) is 3.81. The van der Waals surface area contributed by atoms with Gasteiger partial charge in [-0.3, -0.25) is 0 Å².